The summed E-state index contributed by atoms with van der Waals surface area (Å²) in [5, 5.41) is 3.19. The fourth-order valence-corrected chi connectivity index (χ4v) is 3.48. The van der Waals surface area contributed by atoms with Gasteiger partial charge in [0.2, 0.25) is 5.91 Å². The number of esters is 1. The lowest BCUT2D eigenvalue weighted by Gasteiger charge is -2.30. The third-order valence-electron chi connectivity index (χ3n) is 4.99. The van der Waals surface area contributed by atoms with Crippen LogP contribution in [0.2, 0.25) is 0 Å². The summed E-state index contributed by atoms with van der Waals surface area (Å²) in [4.78, 5) is 23.7. The SMILES string of the molecule is COC(=O)C1CCC(NC(=O)C2CCC(C)CC2)CC1. The quantitative estimate of drug-likeness (QED) is 0.809. The van der Waals surface area contributed by atoms with Crippen LogP contribution in [0.5, 0.6) is 0 Å². The van der Waals surface area contributed by atoms with Crippen LogP contribution in [0, 0.1) is 17.8 Å². The van der Waals surface area contributed by atoms with E-state index in [1.165, 1.54) is 20.0 Å². The largest absolute Gasteiger partial charge is 0.469 e. The standard InChI is InChI=1S/C16H27NO3/c1-11-3-5-12(6-4-11)15(18)17-14-9-7-13(8-10-14)16(19)20-2/h11-14H,3-10H2,1-2H3,(H,17,18). The van der Waals surface area contributed by atoms with Crippen LogP contribution in [0.15, 0.2) is 0 Å². The molecule has 0 aromatic heterocycles. The van der Waals surface area contributed by atoms with Gasteiger partial charge in [-0.2, -0.15) is 0 Å². The first-order valence-electron chi connectivity index (χ1n) is 7.98. The van der Waals surface area contributed by atoms with E-state index in [-0.39, 0.29) is 29.8 Å². The zero-order valence-corrected chi connectivity index (χ0v) is 12.7. The highest BCUT2D eigenvalue weighted by atomic mass is 16.5. The van der Waals surface area contributed by atoms with Gasteiger partial charge in [-0.15, -0.1) is 0 Å². The number of hydrogen-bond donors (Lipinski definition) is 1. The van der Waals surface area contributed by atoms with Crippen LogP contribution in [0.4, 0.5) is 0 Å². The molecule has 2 aliphatic carbocycles. The predicted octanol–water partition coefficient (Wildman–Crippen LogP) is 2.66. The third kappa shape index (κ3) is 3.97. The van der Waals surface area contributed by atoms with Crippen molar-refractivity contribution in [3.63, 3.8) is 0 Å². The summed E-state index contributed by atoms with van der Waals surface area (Å²) in [5.74, 6) is 1.15. The average molecular weight is 281 g/mol. The van der Waals surface area contributed by atoms with Gasteiger partial charge in [-0.05, 0) is 57.3 Å². The van der Waals surface area contributed by atoms with Gasteiger partial charge in [-0.3, -0.25) is 9.59 Å². The Labute approximate surface area is 121 Å². The molecule has 2 aliphatic rings. The number of methoxy groups -OCH3 is 1. The summed E-state index contributed by atoms with van der Waals surface area (Å²) in [6.07, 6.45) is 7.87. The topological polar surface area (TPSA) is 55.4 Å². The van der Waals surface area contributed by atoms with Gasteiger partial charge < -0.3 is 10.1 Å². The number of amides is 1. The molecule has 1 N–H and O–H groups in total. The molecule has 114 valence electrons. The Balaban J connectivity index is 1.72. The van der Waals surface area contributed by atoms with Gasteiger partial charge in [0, 0.05) is 12.0 Å². The first-order valence-corrected chi connectivity index (χ1v) is 7.98. The van der Waals surface area contributed by atoms with Crippen molar-refractivity contribution in [2.75, 3.05) is 7.11 Å². The van der Waals surface area contributed by atoms with E-state index in [0.29, 0.717) is 0 Å². The summed E-state index contributed by atoms with van der Waals surface area (Å²) in [6, 6.07) is 0.253. The van der Waals surface area contributed by atoms with E-state index in [2.05, 4.69) is 12.2 Å². The van der Waals surface area contributed by atoms with Gasteiger partial charge in [-0.1, -0.05) is 6.92 Å². The molecule has 1 amide bonds. The number of nitrogens with one attached hydrogen (secondary N) is 1. The molecule has 2 saturated carbocycles. The summed E-state index contributed by atoms with van der Waals surface area (Å²) in [5.41, 5.74) is 0. The van der Waals surface area contributed by atoms with Gasteiger partial charge in [0.15, 0.2) is 0 Å². The Kier molecular flexibility index (Phi) is 5.44. The molecule has 0 bridgehead atoms. The summed E-state index contributed by atoms with van der Waals surface area (Å²) >= 11 is 0. The van der Waals surface area contributed by atoms with Crippen molar-refractivity contribution in [3.05, 3.63) is 0 Å². The Morgan fingerprint density at radius 1 is 0.900 bits per heavy atom. The normalized spacial score (nSPS) is 34.3. The molecule has 0 aliphatic heterocycles. The van der Waals surface area contributed by atoms with E-state index < -0.39 is 0 Å². The minimum atomic E-state index is -0.101. The highest BCUT2D eigenvalue weighted by Crippen LogP contribution is 2.30. The van der Waals surface area contributed by atoms with Gasteiger partial charge in [0.1, 0.15) is 0 Å². The maximum atomic E-state index is 12.2. The van der Waals surface area contributed by atoms with Crippen LogP contribution in [0.3, 0.4) is 0 Å². The molecule has 0 radical (unpaired) electrons. The maximum absolute atomic E-state index is 12.2. The van der Waals surface area contributed by atoms with Gasteiger partial charge in [0.05, 0.1) is 13.0 Å². The molecular weight excluding hydrogens is 254 g/mol. The smallest absolute Gasteiger partial charge is 0.308 e. The van der Waals surface area contributed by atoms with Crippen molar-refractivity contribution < 1.29 is 14.3 Å². The van der Waals surface area contributed by atoms with Crippen LogP contribution < -0.4 is 5.32 Å². The second-order valence-electron chi connectivity index (χ2n) is 6.54. The second-order valence-corrected chi connectivity index (χ2v) is 6.54. The summed E-state index contributed by atoms with van der Waals surface area (Å²) in [7, 11) is 1.44. The Morgan fingerprint density at radius 2 is 1.45 bits per heavy atom. The fraction of sp³-hybridized carbons (Fsp3) is 0.875. The van der Waals surface area contributed by atoms with E-state index >= 15 is 0 Å². The van der Waals surface area contributed by atoms with Crippen LogP contribution >= 0.6 is 0 Å². The molecule has 0 spiro atoms. The third-order valence-corrected chi connectivity index (χ3v) is 4.99. The van der Waals surface area contributed by atoms with Crippen LogP contribution in [0.25, 0.3) is 0 Å². The van der Waals surface area contributed by atoms with Crippen molar-refractivity contribution >= 4 is 11.9 Å². The van der Waals surface area contributed by atoms with Crippen molar-refractivity contribution in [2.24, 2.45) is 17.8 Å². The number of carbonyl (C=O) groups excluding carboxylic acids is 2. The molecule has 2 rings (SSSR count). The van der Waals surface area contributed by atoms with Crippen LogP contribution in [-0.2, 0) is 14.3 Å². The zero-order chi connectivity index (χ0) is 14.5. The molecule has 0 saturated heterocycles. The molecular formula is C16H27NO3. The lowest BCUT2D eigenvalue weighted by molar-refractivity contribution is -0.146. The lowest BCUT2D eigenvalue weighted by Crippen LogP contribution is -2.42. The van der Waals surface area contributed by atoms with Gasteiger partial charge in [0.25, 0.3) is 0 Å². The maximum Gasteiger partial charge on any atom is 0.308 e. The van der Waals surface area contributed by atoms with Gasteiger partial charge in [-0.25, -0.2) is 0 Å². The Bertz CT molecular complexity index is 340. The number of ether oxygens (including phenoxy) is 1. The number of carbonyl (C=O) groups is 2. The van der Waals surface area contributed by atoms with E-state index in [9.17, 15) is 9.59 Å². The highest BCUT2D eigenvalue weighted by molar-refractivity contribution is 5.79. The first kappa shape index (κ1) is 15.3. The highest BCUT2D eigenvalue weighted by Gasteiger charge is 2.30. The second kappa shape index (κ2) is 7.09. The Hall–Kier alpha value is -1.06. The first-order chi connectivity index (χ1) is 9.60. The Morgan fingerprint density at radius 3 is 2.00 bits per heavy atom. The van der Waals surface area contributed by atoms with E-state index in [0.717, 1.165) is 44.4 Å². The lowest BCUT2D eigenvalue weighted by atomic mass is 9.81. The molecule has 4 nitrogen and oxygen atoms in total. The van der Waals surface area contributed by atoms with Crippen molar-refractivity contribution in [1.82, 2.24) is 5.32 Å². The molecule has 4 heteroatoms. The molecule has 20 heavy (non-hydrogen) atoms. The van der Waals surface area contributed by atoms with E-state index in [1.54, 1.807) is 0 Å². The number of rotatable bonds is 3. The molecule has 0 atom stereocenters. The van der Waals surface area contributed by atoms with Crippen molar-refractivity contribution in [3.8, 4) is 0 Å². The van der Waals surface area contributed by atoms with Gasteiger partial charge >= 0.3 is 5.97 Å². The predicted molar refractivity (Wildman–Crippen MR) is 77.0 cm³/mol. The molecule has 0 aromatic rings. The molecule has 0 aromatic carbocycles. The minimum Gasteiger partial charge on any atom is -0.469 e. The number of hydrogen-bond acceptors (Lipinski definition) is 3. The molecule has 2 fully saturated rings. The molecule has 0 heterocycles. The minimum absolute atomic E-state index is 0.0312. The summed E-state index contributed by atoms with van der Waals surface area (Å²) < 4.78 is 4.78. The van der Waals surface area contributed by atoms with Crippen LogP contribution in [0.1, 0.15) is 58.3 Å². The van der Waals surface area contributed by atoms with E-state index in [1.807, 2.05) is 0 Å². The van der Waals surface area contributed by atoms with Crippen LogP contribution in [-0.4, -0.2) is 25.0 Å². The van der Waals surface area contributed by atoms with Crippen molar-refractivity contribution in [2.45, 2.75) is 64.3 Å². The molecule has 0 unspecified atom stereocenters. The average Bonchev–Trinajstić information content (AvgIpc) is 2.48. The fourth-order valence-electron chi connectivity index (χ4n) is 3.48. The van der Waals surface area contributed by atoms with Crippen molar-refractivity contribution in [1.29, 1.82) is 0 Å². The monoisotopic (exact) mass is 281 g/mol. The summed E-state index contributed by atoms with van der Waals surface area (Å²) in [6.45, 7) is 2.27. The van der Waals surface area contributed by atoms with E-state index in [4.69, 9.17) is 4.74 Å². The zero-order valence-electron chi connectivity index (χ0n) is 12.7.